The molecule has 3 aromatic heterocycles. The highest BCUT2D eigenvalue weighted by molar-refractivity contribution is 5.95. The van der Waals surface area contributed by atoms with Crippen LogP contribution in [0.2, 0.25) is 0 Å². The summed E-state index contributed by atoms with van der Waals surface area (Å²) in [5.41, 5.74) is 2.79. The molecule has 1 amide bonds. The maximum Gasteiger partial charge on any atom is 0.255 e. The fourth-order valence-electron chi connectivity index (χ4n) is 3.48. The molecular weight excluding hydrogens is 316 g/mol. The van der Waals surface area contributed by atoms with Crippen molar-refractivity contribution >= 4 is 5.91 Å². The number of aryl methyl sites for hydroxylation is 2. The molecular formula is C19H20N4O2. The molecule has 0 aliphatic heterocycles. The molecule has 128 valence electrons. The number of nitrogens with zero attached hydrogens (tertiary/aromatic N) is 3. The normalized spacial score (nSPS) is 16.5. The van der Waals surface area contributed by atoms with Gasteiger partial charge in [-0.3, -0.25) is 4.79 Å². The van der Waals surface area contributed by atoms with Crippen LogP contribution >= 0.6 is 0 Å². The molecule has 1 aliphatic rings. The second-order valence-electron chi connectivity index (χ2n) is 6.39. The number of carbonyl (C=O) groups excluding carboxylic acids is 1. The first-order chi connectivity index (χ1) is 12.1. The lowest BCUT2D eigenvalue weighted by atomic mass is 9.92. The largest absolute Gasteiger partial charge is 0.466 e. The molecule has 4 rings (SSSR count). The molecule has 0 saturated carbocycles. The Morgan fingerprint density at radius 3 is 2.96 bits per heavy atom. The number of fused-ring (bicyclic) bond motifs is 1. The maximum absolute atomic E-state index is 12.6. The monoisotopic (exact) mass is 336 g/mol. The Morgan fingerprint density at radius 2 is 2.24 bits per heavy atom. The summed E-state index contributed by atoms with van der Waals surface area (Å²) in [4.78, 5) is 17.0. The van der Waals surface area contributed by atoms with Crippen LogP contribution < -0.4 is 5.32 Å². The van der Waals surface area contributed by atoms with Crippen molar-refractivity contribution < 1.29 is 9.21 Å². The van der Waals surface area contributed by atoms with E-state index in [2.05, 4.69) is 15.4 Å². The Morgan fingerprint density at radius 1 is 1.36 bits per heavy atom. The lowest BCUT2D eigenvalue weighted by Crippen LogP contribution is -2.31. The molecule has 0 bridgehead atoms. The summed E-state index contributed by atoms with van der Waals surface area (Å²) in [6, 6.07) is 7.52. The Balaban J connectivity index is 1.61. The van der Waals surface area contributed by atoms with Crippen LogP contribution in [0.5, 0.6) is 0 Å². The summed E-state index contributed by atoms with van der Waals surface area (Å²) in [6.45, 7) is 3.66. The van der Waals surface area contributed by atoms with Crippen LogP contribution in [0.15, 0.2) is 41.1 Å². The van der Waals surface area contributed by atoms with E-state index in [4.69, 9.17) is 4.42 Å². The van der Waals surface area contributed by atoms with Gasteiger partial charge in [-0.05, 0) is 51.3 Å². The zero-order chi connectivity index (χ0) is 17.4. The van der Waals surface area contributed by atoms with Gasteiger partial charge in [0.05, 0.1) is 23.5 Å². The van der Waals surface area contributed by atoms with Crippen LogP contribution in [0, 0.1) is 13.8 Å². The quantitative estimate of drug-likeness (QED) is 0.796. The molecule has 1 aliphatic carbocycles. The smallest absolute Gasteiger partial charge is 0.255 e. The van der Waals surface area contributed by atoms with Crippen LogP contribution in [-0.2, 0) is 6.42 Å². The van der Waals surface area contributed by atoms with Crippen LogP contribution in [0.3, 0.4) is 0 Å². The number of nitrogens with one attached hydrogen (secondary N) is 1. The first-order valence-electron chi connectivity index (χ1n) is 8.49. The average Bonchev–Trinajstić information content (AvgIpc) is 3.19. The molecule has 6 heteroatoms. The molecule has 3 aromatic rings. The van der Waals surface area contributed by atoms with Gasteiger partial charge in [0.2, 0.25) is 0 Å². The third-order valence-electron chi connectivity index (χ3n) is 4.64. The number of amides is 1. The van der Waals surface area contributed by atoms with Crippen LogP contribution in [0.25, 0.3) is 5.82 Å². The number of carbonyl (C=O) groups is 1. The SMILES string of the molecule is Cc1cc(C(=O)NC2CCCc3c2cnn3-c2ccccn2)c(C)o1. The predicted molar refractivity (Wildman–Crippen MR) is 92.7 cm³/mol. The van der Waals surface area contributed by atoms with E-state index in [1.807, 2.05) is 42.9 Å². The van der Waals surface area contributed by atoms with Crippen LogP contribution in [0.1, 0.15) is 52.0 Å². The van der Waals surface area contributed by atoms with E-state index < -0.39 is 0 Å². The van der Waals surface area contributed by atoms with Crippen LogP contribution in [-0.4, -0.2) is 20.7 Å². The van der Waals surface area contributed by atoms with E-state index in [-0.39, 0.29) is 11.9 Å². The van der Waals surface area contributed by atoms with Gasteiger partial charge in [-0.25, -0.2) is 9.67 Å². The molecule has 0 spiro atoms. The molecule has 0 radical (unpaired) electrons. The maximum atomic E-state index is 12.6. The summed E-state index contributed by atoms with van der Waals surface area (Å²) in [6.07, 6.45) is 6.45. The zero-order valence-electron chi connectivity index (χ0n) is 14.3. The average molecular weight is 336 g/mol. The number of rotatable bonds is 3. The van der Waals surface area contributed by atoms with E-state index in [1.54, 1.807) is 12.3 Å². The van der Waals surface area contributed by atoms with Crippen molar-refractivity contribution in [3.8, 4) is 5.82 Å². The fraction of sp³-hybridized carbons (Fsp3) is 0.316. The second-order valence-corrected chi connectivity index (χ2v) is 6.39. The van der Waals surface area contributed by atoms with Crippen molar-refractivity contribution in [1.82, 2.24) is 20.1 Å². The molecule has 25 heavy (non-hydrogen) atoms. The van der Waals surface area contributed by atoms with E-state index in [9.17, 15) is 4.79 Å². The van der Waals surface area contributed by atoms with Gasteiger partial charge in [0.1, 0.15) is 11.5 Å². The number of aromatic nitrogens is 3. The van der Waals surface area contributed by atoms with Gasteiger partial charge >= 0.3 is 0 Å². The second kappa shape index (κ2) is 6.20. The summed E-state index contributed by atoms with van der Waals surface area (Å²) < 4.78 is 7.35. The van der Waals surface area contributed by atoms with Crippen molar-refractivity contribution in [2.75, 3.05) is 0 Å². The highest BCUT2D eigenvalue weighted by atomic mass is 16.3. The van der Waals surface area contributed by atoms with Crippen molar-refractivity contribution in [2.24, 2.45) is 0 Å². The Kier molecular flexibility index (Phi) is 3.87. The molecule has 1 atom stereocenters. The summed E-state index contributed by atoms with van der Waals surface area (Å²) in [5, 5.41) is 7.64. The first-order valence-corrected chi connectivity index (χ1v) is 8.49. The van der Waals surface area contributed by atoms with Crippen molar-refractivity contribution in [3.05, 3.63) is 65.0 Å². The molecule has 0 fully saturated rings. The fourth-order valence-corrected chi connectivity index (χ4v) is 3.48. The molecule has 0 aromatic carbocycles. The van der Waals surface area contributed by atoms with Gasteiger partial charge in [-0.2, -0.15) is 5.10 Å². The highest BCUT2D eigenvalue weighted by Crippen LogP contribution is 2.31. The zero-order valence-corrected chi connectivity index (χ0v) is 14.3. The highest BCUT2D eigenvalue weighted by Gasteiger charge is 2.27. The van der Waals surface area contributed by atoms with Crippen molar-refractivity contribution in [2.45, 2.75) is 39.2 Å². The van der Waals surface area contributed by atoms with Gasteiger partial charge in [0.15, 0.2) is 5.82 Å². The Labute approximate surface area is 145 Å². The number of hydrogen-bond donors (Lipinski definition) is 1. The molecule has 1 N–H and O–H groups in total. The molecule has 6 nitrogen and oxygen atoms in total. The van der Waals surface area contributed by atoms with Crippen molar-refractivity contribution in [3.63, 3.8) is 0 Å². The van der Waals surface area contributed by atoms with Crippen LogP contribution in [0.4, 0.5) is 0 Å². The third-order valence-corrected chi connectivity index (χ3v) is 4.64. The number of pyridine rings is 1. The lowest BCUT2D eigenvalue weighted by molar-refractivity contribution is 0.0931. The first kappa shape index (κ1) is 15.6. The number of furan rings is 1. The van der Waals surface area contributed by atoms with Gasteiger partial charge in [0, 0.05) is 11.8 Å². The van der Waals surface area contributed by atoms with E-state index in [0.717, 1.165) is 42.1 Å². The van der Waals surface area contributed by atoms with Gasteiger partial charge in [-0.15, -0.1) is 0 Å². The molecule has 0 saturated heterocycles. The summed E-state index contributed by atoms with van der Waals surface area (Å²) in [5.74, 6) is 2.10. The van der Waals surface area contributed by atoms with E-state index in [1.165, 1.54) is 0 Å². The molecule has 3 heterocycles. The third kappa shape index (κ3) is 2.84. The topological polar surface area (TPSA) is 73.0 Å². The minimum absolute atomic E-state index is 0.0386. The van der Waals surface area contributed by atoms with E-state index in [0.29, 0.717) is 11.3 Å². The van der Waals surface area contributed by atoms with Gasteiger partial charge in [-0.1, -0.05) is 6.07 Å². The Hall–Kier alpha value is -2.89. The molecule has 1 unspecified atom stereocenters. The van der Waals surface area contributed by atoms with E-state index >= 15 is 0 Å². The van der Waals surface area contributed by atoms with Gasteiger partial charge < -0.3 is 9.73 Å². The lowest BCUT2D eigenvalue weighted by Gasteiger charge is -2.24. The standard InChI is InChI=1S/C19H20N4O2/c1-12-10-14(13(2)25-12)19(24)22-16-6-5-7-17-15(16)11-21-23(17)18-8-3-4-9-20-18/h3-4,8-11,16H,5-7H2,1-2H3,(H,22,24). The minimum atomic E-state index is -0.0993. The summed E-state index contributed by atoms with van der Waals surface area (Å²) in [7, 11) is 0. The number of hydrogen-bond acceptors (Lipinski definition) is 4. The van der Waals surface area contributed by atoms with Gasteiger partial charge in [0.25, 0.3) is 5.91 Å². The predicted octanol–water partition coefficient (Wildman–Crippen LogP) is 3.28. The minimum Gasteiger partial charge on any atom is -0.466 e. The summed E-state index contributed by atoms with van der Waals surface area (Å²) >= 11 is 0. The van der Waals surface area contributed by atoms with Crippen molar-refractivity contribution in [1.29, 1.82) is 0 Å². The Bertz CT molecular complexity index is 911.